The van der Waals surface area contributed by atoms with Crippen LogP contribution >= 0.6 is 22.9 Å². The van der Waals surface area contributed by atoms with Crippen molar-refractivity contribution in [2.45, 2.75) is 0 Å². The van der Waals surface area contributed by atoms with Crippen LogP contribution in [0.25, 0.3) is 0 Å². The lowest BCUT2D eigenvalue weighted by molar-refractivity contribution is 0.0769. The van der Waals surface area contributed by atoms with Crippen molar-refractivity contribution in [2.75, 3.05) is 25.9 Å². The Labute approximate surface area is 125 Å². The summed E-state index contributed by atoms with van der Waals surface area (Å²) in [4.78, 5) is 17.5. The predicted molar refractivity (Wildman–Crippen MR) is 80.4 cm³/mol. The fourth-order valence-electron chi connectivity index (χ4n) is 1.54. The van der Waals surface area contributed by atoms with Crippen LogP contribution in [0.5, 0.6) is 5.75 Å². The Balaban J connectivity index is 1.83. The first-order chi connectivity index (χ1) is 9.56. The van der Waals surface area contributed by atoms with Crippen LogP contribution in [0, 0.1) is 0 Å². The second-order valence-corrected chi connectivity index (χ2v) is 5.43. The van der Waals surface area contributed by atoms with Gasteiger partial charge in [-0.25, -0.2) is 4.98 Å². The number of thiazole rings is 1. The van der Waals surface area contributed by atoms with Gasteiger partial charge in [0.15, 0.2) is 5.13 Å². The van der Waals surface area contributed by atoms with E-state index in [0.29, 0.717) is 34.7 Å². The van der Waals surface area contributed by atoms with Gasteiger partial charge in [-0.15, -0.1) is 11.3 Å². The van der Waals surface area contributed by atoms with Gasteiger partial charge in [-0.3, -0.25) is 4.79 Å². The molecule has 0 aliphatic rings. The largest absolute Gasteiger partial charge is 0.492 e. The molecule has 1 aromatic carbocycles. The topological polar surface area (TPSA) is 68.5 Å². The molecule has 0 fully saturated rings. The normalized spacial score (nSPS) is 10.3. The van der Waals surface area contributed by atoms with Gasteiger partial charge in [-0.05, 0) is 18.2 Å². The summed E-state index contributed by atoms with van der Waals surface area (Å²) < 4.78 is 5.53. The molecule has 0 saturated heterocycles. The van der Waals surface area contributed by atoms with Crippen molar-refractivity contribution in [3.63, 3.8) is 0 Å². The number of aromatic nitrogens is 1. The van der Waals surface area contributed by atoms with E-state index >= 15 is 0 Å². The molecule has 0 spiro atoms. The van der Waals surface area contributed by atoms with Crippen molar-refractivity contribution in [2.24, 2.45) is 0 Å². The molecule has 7 heteroatoms. The number of nitrogens with zero attached hydrogens (tertiary/aromatic N) is 2. The van der Waals surface area contributed by atoms with Gasteiger partial charge in [-0.1, -0.05) is 17.7 Å². The maximum absolute atomic E-state index is 12.0. The molecule has 2 N–H and O–H groups in total. The van der Waals surface area contributed by atoms with E-state index in [-0.39, 0.29) is 5.91 Å². The Kier molecular flexibility index (Phi) is 4.81. The maximum atomic E-state index is 12.0. The first-order valence-electron chi connectivity index (χ1n) is 5.91. The number of anilines is 1. The van der Waals surface area contributed by atoms with Gasteiger partial charge in [0.2, 0.25) is 0 Å². The fraction of sp³-hybridized carbons (Fsp3) is 0.231. The zero-order valence-electron chi connectivity index (χ0n) is 10.9. The molecular formula is C13H14ClN3O2S. The van der Waals surface area contributed by atoms with Gasteiger partial charge in [-0.2, -0.15) is 0 Å². The van der Waals surface area contributed by atoms with Gasteiger partial charge in [0.1, 0.15) is 18.1 Å². The van der Waals surface area contributed by atoms with Crippen LogP contribution in [-0.2, 0) is 0 Å². The fourth-order valence-corrected chi connectivity index (χ4v) is 2.26. The molecule has 0 saturated carbocycles. The summed E-state index contributed by atoms with van der Waals surface area (Å²) in [5.74, 6) is 0.504. The van der Waals surface area contributed by atoms with Crippen molar-refractivity contribution in [1.29, 1.82) is 0 Å². The molecule has 1 aromatic heterocycles. The highest BCUT2D eigenvalue weighted by atomic mass is 35.5. The van der Waals surface area contributed by atoms with Crippen molar-refractivity contribution >= 4 is 34.0 Å². The summed E-state index contributed by atoms with van der Waals surface area (Å²) >= 11 is 7.10. The highest BCUT2D eigenvalue weighted by molar-refractivity contribution is 7.13. The third kappa shape index (κ3) is 3.85. The second-order valence-electron chi connectivity index (χ2n) is 4.10. The minimum absolute atomic E-state index is 0.173. The number of benzene rings is 1. The lowest BCUT2D eigenvalue weighted by Crippen LogP contribution is -2.31. The lowest BCUT2D eigenvalue weighted by atomic mass is 10.3. The number of halogens is 1. The molecule has 0 radical (unpaired) electrons. The van der Waals surface area contributed by atoms with Crippen LogP contribution in [0.15, 0.2) is 29.6 Å². The van der Waals surface area contributed by atoms with Gasteiger partial charge in [0.05, 0.1) is 6.54 Å². The zero-order chi connectivity index (χ0) is 14.5. The van der Waals surface area contributed by atoms with E-state index in [1.807, 2.05) is 12.1 Å². The second kappa shape index (κ2) is 6.58. The van der Waals surface area contributed by atoms with E-state index < -0.39 is 0 Å². The Bertz CT molecular complexity index is 603. The molecule has 2 aromatic rings. The van der Waals surface area contributed by atoms with Gasteiger partial charge in [0.25, 0.3) is 5.91 Å². The first-order valence-corrected chi connectivity index (χ1v) is 7.17. The minimum Gasteiger partial charge on any atom is -0.492 e. The molecule has 0 atom stereocenters. The van der Waals surface area contributed by atoms with E-state index in [2.05, 4.69) is 4.98 Å². The maximum Gasteiger partial charge on any atom is 0.273 e. The first kappa shape index (κ1) is 14.6. The van der Waals surface area contributed by atoms with Crippen molar-refractivity contribution in [3.05, 3.63) is 40.4 Å². The van der Waals surface area contributed by atoms with Gasteiger partial charge in [0, 0.05) is 17.5 Å². The molecular weight excluding hydrogens is 298 g/mol. The summed E-state index contributed by atoms with van der Waals surface area (Å²) in [6.45, 7) is 0.824. The molecule has 0 aliphatic carbocycles. The van der Waals surface area contributed by atoms with Gasteiger partial charge >= 0.3 is 0 Å². The number of rotatable bonds is 5. The molecule has 0 bridgehead atoms. The van der Waals surface area contributed by atoms with Crippen molar-refractivity contribution in [3.8, 4) is 5.75 Å². The molecule has 0 unspecified atom stereocenters. The van der Waals surface area contributed by atoms with Crippen molar-refractivity contribution < 1.29 is 9.53 Å². The molecule has 5 nitrogen and oxygen atoms in total. The number of likely N-dealkylation sites (N-methyl/N-ethyl adjacent to an activating group) is 1. The van der Waals surface area contributed by atoms with Crippen LogP contribution < -0.4 is 10.5 Å². The predicted octanol–water partition coefficient (Wildman–Crippen LogP) is 2.53. The third-order valence-electron chi connectivity index (χ3n) is 2.58. The molecule has 106 valence electrons. The van der Waals surface area contributed by atoms with Crippen LogP contribution in [0.1, 0.15) is 10.5 Å². The van der Waals surface area contributed by atoms with E-state index in [4.69, 9.17) is 22.1 Å². The Morgan fingerprint density at radius 1 is 1.55 bits per heavy atom. The quantitative estimate of drug-likeness (QED) is 0.921. The molecule has 1 heterocycles. The summed E-state index contributed by atoms with van der Waals surface area (Å²) in [7, 11) is 1.69. The smallest absolute Gasteiger partial charge is 0.273 e. The van der Waals surface area contributed by atoms with Crippen LogP contribution in [0.4, 0.5) is 5.13 Å². The number of ether oxygens (including phenoxy) is 1. The number of carbonyl (C=O) groups excluding carboxylic acids is 1. The molecule has 0 aliphatic heterocycles. The van der Waals surface area contributed by atoms with Crippen molar-refractivity contribution in [1.82, 2.24) is 9.88 Å². The van der Waals surface area contributed by atoms with Crippen LogP contribution in [0.2, 0.25) is 5.02 Å². The molecule has 20 heavy (non-hydrogen) atoms. The minimum atomic E-state index is -0.173. The number of nitrogen functional groups attached to an aromatic ring is 1. The van der Waals surface area contributed by atoms with E-state index in [0.717, 1.165) is 0 Å². The average Bonchev–Trinajstić information content (AvgIpc) is 2.84. The highest BCUT2D eigenvalue weighted by Crippen LogP contribution is 2.17. The average molecular weight is 312 g/mol. The van der Waals surface area contributed by atoms with Gasteiger partial charge < -0.3 is 15.4 Å². The SMILES string of the molecule is CN(CCOc1cccc(Cl)c1)C(=O)c1csc(N)n1. The Morgan fingerprint density at radius 3 is 3.00 bits per heavy atom. The number of nitrogens with two attached hydrogens (primary N) is 1. The summed E-state index contributed by atoms with van der Waals surface area (Å²) in [6, 6.07) is 7.13. The third-order valence-corrected chi connectivity index (χ3v) is 3.49. The monoisotopic (exact) mass is 311 g/mol. The zero-order valence-corrected chi connectivity index (χ0v) is 12.4. The Hall–Kier alpha value is -1.79. The molecule has 2 rings (SSSR count). The van der Waals surface area contributed by atoms with E-state index in [1.54, 1.807) is 29.5 Å². The summed E-state index contributed by atoms with van der Waals surface area (Å²) in [6.07, 6.45) is 0. The highest BCUT2D eigenvalue weighted by Gasteiger charge is 2.14. The standard InChI is InChI=1S/C13H14ClN3O2S/c1-17(12(18)11-8-20-13(15)16-11)5-6-19-10-4-2-3-9(14)7-10/h2-4,7-8H,5-6H2,1H3,(H2,15,16). The number of hydrogen-bond donors (Lipinski definition) is 1. The Morgan fingerprint density at radius 2 is 2.35 bits per heavy atom. The number of hydrogen-bond acceptors (Lipinski definition) is 5. The number of amides is 1. The molecule has 1 amide bonds. The number of carbonyl (C=O) groups is 1. The summed E-state index contributed by atoms with van der Waals surface area (Å²) in [5, 5.41) is 2.65. The van der Waals surface area contributed by atoms with E-state index in [1.165, 1.54) is 11.3 Å². The lowest BCUT2D eigenvalue weighted by Gasteiger charge is -2.16. The van der Waals surface area contributed by atoms with E-state index in [9.17, 15) is 4.79 Å². The van der Waals surface area contributed by atoms with Crippen LogP contribution in [-0.4, -0.2) is 36.0 Å². The summed E-state index contributed by atoms with van der Waals surface area (Å²) in [5.41, 5.74) is 5.87. The van der Waals surface area contributed by atoms with Crippen LogP contribution in [0.3, 0.4) is 0 Å².